The van der Waals surface area contributed by atoms with Crippen molar-refractivity contribution in [3.8, 4) is 0 Å². The molecule has 1 atom stereocenters. The summed E-state index contributed by atoms with van der Waals surface area (Å²) in [4.78, 5) is 44.0. The van der Waals surface area contributed by atoms with Gasteiger partial charge in [-0.15, -0.1) is 11.3 Å². The highest BCUT2D eigenvalue weighted by Crippen LogP contribution is 2.37. The number of carbonyl (C=O) groups is 1. The largest absolute Gasteiger partial charge is 0.423 e. The molecule has 0 aliphatic heterocycles. The number of thiophene rings is 1. The number of rotatable bonds is 5. The van der Waals surface area contributed by atoms with Gasteiger partial charge < -0.3 is 9.73 Å². The van der Waals surface area contributed by atoms with Gasteiger partial charge in [-0.3, -0.25) is 14.2 Å². The third-order valence-corrected chi connectivity index (χ3v) is 8.38. The first kappa shape index (κ1) is 22.9. The van der Waals surface area contributed by atoms with Crippen molar-refractivity contribution in [3.63, 3.8) is 0 Å². The fourth-order valence-electron chi connectivity index (χ4n) is 4.57. The van der Waals surface area contributed by atoms with Gasteiger partial charge in [0.15, 0.2) is 5.16 Å². The van der Waals surface area contributed by atoms with Crippen molar-refractivity contribution in [2.45, 2.75) is 57.5 Å². The molecule has 9 heteroatoms. The second-order valence-corrected chi connectivity index (χ2v) is 10.8. The third kappa shape index (κ3) is 4.18. The first-order chi connectivity index (χ1) is 16.3. The number of benzene rings is 1. The quantitative estimate of drug-likeness (QED) is 0.239. The molecule has 1 amide bonds. The van der Waals surface area contributed by atoms with E-state index in [9.17, 15) is 14.4 Å². The van der Waals surface area contributed by atoms with Gasteiger partial charge >= 0.3 is 5.63 Å². The van der Waals surface area contributed by atoms with Crippen molar-refractivity contribution in [2.75, 3.05) is 5.32 Å². The average Bonchev–Trinajstić information content (AvgIpc) is 3.14. The minimum absolute atomic E-state index is 0.0273. The standard InChI is InChI=1S/C25H25N3O4S2/c1-4-28-24(31)22-18-7-5-13(2)9-20(18)34-23(22)27-25(28)33-12-15-10-21(30)32-19-11-16(26-14(3)29)6-8-17(15)19/h6,8,10-11,13H,4-5,7,9,12H2,1-3H3,(H,26,29). The lowest BCUT2D eigenvalue weighted by Crippen LogP contribution is -2.23. The van der Waals surface area contributed by atoms with Gasteiger partial charge in [0.05, 0.1) is 5.39 Å². The summed E-state index contributed by atoms with van der Waals surface area (Å²) in [5, 5.41) is 4.93. The summed E-state index contributed by atoms with van der Waals surface area (Å²) in [6.45, 7) is 6.17. The molecule has 1 aliphatic rings. The second kappa shape index (κ2) is 9.03. The zero-order valence-electron chi connectivity index (χ0n) is 19.3. The maximum atomic E-state index is 13.4. The molecule has 0 bridgehead atoms. The van der Waals surface area contributed by atoms with Crippen molar-refractivity contribution >= 4 is 55.9 Å². The first-order valence-corrected chi connectivity index (χ1v) is 13.2. The molecular weight excluding hydrogens is 470 g/mol. The lowest BCUT2D eigenvalue weighted by molar-refractivity contribution is -0.114. The smallest absolute Gasteiger partial charge is 0.336 e. The van der Waals surface area contributed by atoms with E-state index in [4.69, 9.17) is 9.40 Å². The highest BCUT2D eigenvalue weighted by molar-refractivity contribution is 7.98. The Morgan fingerprint density at radius 1 is 1.32 bits per heavy atom. The van der Waals surface area contributed by atoms with Crippen LogP contribution in [0, 0.1) is 5.92 Å². The molecule has 0 radical (unpaired) electrons. The van der Waals surface area contributed by atoms with Crippen LogP contribution in [0.2, 0.25) is 0 Å². The Bertz CT molecular complexity index is 1550. The van der Waals surface area contributed by atoms with Gasteiger partial charge in [0.1, 0.15) is 10.4 Å². The SMILES string of the molecule is CCn1c(SCc2cc(=O)oc3cc(NC(C)=O)ccc23)nc2sc3c(c2c1=O)CCC(C)C3. The van der Waals surface area contributed by atoms with Gasteiger partial charge in [0, 0.05) is 47.3 Å². The molecule has 3 aromatic heterocycles. The Balaban J connectivity index is 1.52. The lowest BCUT2D eigenvalue weighted by Gasteiger charge is -2.17. The Kier molecular flexibility index (Phi) is 6.07. The number of fused-ring (bicyclic) bond motifs is 4. The van der Waals surface area contributed by atoms with Crippen LogP contribution >= 0.6 is 23.1 Å². The summed E-state index contributed by atoms with van der Waals surface area (Å²) in [5.41, 5.74) is 2.53. The fraction of sp³-hybridized carbons (Fsp3) is 0.360. The molecule has 7 nitrogen and oxygen atoms in total. The molecular formula is C25H25N3O4S2. The summed E-state index contributed by atoms with van der Waals surface area (Å²) in [5.74, 6) is 0.894. The number of aromatic nitrogens is 2. The summed E-state index contributed by atoms with van der Waals surface area (Å²) < 4.78 is 7.10. The van der Waals surface area contributed by atoms with Gasteiger partial charge in [-0.05, 0) is 55.4 Å². The van der Waals surface area contributed by atoms with Crippen molar-refractivity contribution in [1.29, 1.82) is 0 Å². The average molecular weight is 496 g/mol. The van der Waals surface area contributed by atoms with Crippen molar-refractivity contribution in [2.24, 2.45) is 5.92 Å². The number of aryl methyl sites for hydroxylation is 1. The number of amides is 1. The van der Waals surface area contributed by atoms with E-state index >= 15 is 0 Å². The van der Waals surface area contributed by atoms with Crippen molar-refractivity contribution < 1.29 is 9.21 Å². The molecule has 3 heterocycles. The molecule has 34 heavy (non-hydrogen) atoms. The normalized spacial score (nSPS) is 15.6. The zero-order valence-corrected chi connectivity index (χ0v) is 20.9. The van der Waals surface area contributed by atoms with Crippen LogP contribution < -0.4 is 16.5 Å². The second-order valence-electron chi connectivity index (χ2n) is 8.75. The van der Waals surface area contributed by atoms with Crippen molar-refractivity contribution in [3.05, 3.63) is 61.0 Å². The van der Waals surface area contributed by atoms with Gasteiger partial charge in [-0.1, -0.05) is 18.7 Å². The summed E-state index contributed by atoms with van der Waals surface area (Å²) >= 11 is 3.09. The number of carbonyl (C=O) groups excluding carboxylic acids is 1. The molecule has 0 spiro atoms. The van der Waals surface area contributed by atoms with E-state index in [2.05, 4.69) is 12.2 Å². The molecule has 1 unspecified atom stereocenters. The Morgan fingerprint density at radius 2 is 2.15 bits per heavy atom. The highest BCUT2D eigenvalue weighted by Gasteiger charge is 2.24. The van der Waals surface area contributed by atoms with E-state index in [1.54, 1.807) is 28.0 Å². The molecule has 0 saturated heterocycles. The number of hydrogen-bond acceptors (Lipinski definition) is 7. The van der Waals surface area contributed by atoms with Gasteiger partial charge in [-0.25, -0.2) is 9.78 Å². The predicted octanol–water partition coefficient (Wildman–Crippen LogP) is 4.96. The Morgan fingerprint density at radius 3 is 2.91 bits per heavy atom. The molecule has 1 aliphatic carbocycles. The van der Waals surface area contributed by atoms with E-state index in [1.807, 2.05) is 13.0 Å². The molecule has 0 fully saturated rings. The summed E-state index contributed by atoms with van der Waals surface area (Å²) in [6.07, 6.45) is 3.06. The molecule has 1 N–H and O–H groups in total. The van der Waals surface area contributed by atoms with E-state index in [0.717, 1.165) is 40.4 Å². The van der Waals surface area contributed by atoms with Crippen molar-refractivity contribution in [1.82, 2.24) is 9.55 Å². The van der Waals surface area contributed by atoms with Crippen LogP contribution in [0.25, 0.3) is 21.2 Å². The summed E-state index contributed by atoms with van der Waals surface area (Å²) in [6, 6.07) is 6.74. The topological polar surface area (TPSA) is 94.2 Å². The number of nitrogens with zero attached hydrogens (tertiary/aromatic N) is 2. The molecule has 4 aromatic rings. The number of anilines is 1. The van der Waals surface area contributed by atoms with Crippen LogP contribution in [-0.4, -0.2) is 15.5 Å². The van der Waals surface area contributed by atoms with Crippen LogP contribution in [-0.2, 0) is 29.9 Å². The number of thioether (sulfide) groups is 1. The van der Waals surface area contributed by atoms with Crippen LogP contribution in [0.5, 0.6) is 0 Å². The van der Waals surface area contributed by atoms with Gasteiger partial charge in [-0.2, -0.15) is 0 Å². The minimum atomic E-state index is -0.459. The molecule has 176 valence electrons. The Labute approximate surface area is 204 Å². The van der Waals surface area contributed by atoms with Crippen LogP contribution in [0.4, 0.5) is 5.69 Å². The summed E-state index contributed by atoms with van der Waals surface area (Å²) in [7, 11) is 0. The van der Waals surface area contributed by atoms with Crippen LogP contribution in [0.1, 0.15) is 43.2 Å². The Hall–Kier alpha value is -2.91. The third-order valence-electron chi connectivity index (χ3n) is 6.20. The van der Waals surface area contributed by atoms with Gasteiger partial charge in [0.2, 0.25) is 5.91 Å². The fourth-order valence-corrected chi connectivity index (χ4v) is 7.04. The van der Waals surface area contributed by atoms with E-state index < -0.39 is 5.63 Å². The number of hydrogen-bond donors (Lipinski definition) is 1. The minimum Gasteiger partial charge on any atom is -0.423 e. The molecule has 1 aromatic carbocycles. The highest BCUT2D eigenvalue weighted by atomic mass is 32.2. The maximum absolute atomic E-state index is 13.4. The van der Waals surface area contributed by atoms with E-state index in [0.29, 0.717) is 34.6 Å². The van der Waals surface area contributed by atoms with E-state index in [1.165, 1.54) is 35.2 Å². The monoisotopic (exact) mass is 495 g/mol. The number of nitrogens with one attached hydrogen (secondary N) is 1. The molecule has 5 rings (SSSR count). The first-order valence-electron chi connectivity index (χ1n) is 11.4. The predicted molar refractivity (Wildman–Crippen MR) is 137 cm³/mol. The van der Waals surface area contributed by atoms with Gasteiger partial charge in [0.25, 0.3) is 5.56 Å². The van der Waals surface area contributed by atoms with E-state index in [-0.39, 0.29) is 11.5 Å². The molecule has 0 saturated carbocycles. The van der Waals surface area contributed by atoms with Crippen LogP contribution in [0.3, 0.4) is 0 Å². The van der Waals surface area contributed by atoms with Crippen LogP contribution in [0.15, 0.2) is 43.4 Å². The lowest BCUT2D eigenvalue weighted by atomic mass is 9.89. The maximum Gasteiger partial charge on any atom is 0.336 e. The zero-order chi connectivity index (χ0) is 24.0.